The van der Waals surface area contributed by atoms with Crippen LogP contribution in [-0.2, 0) is 9.53 Å². The van der Waals surface area contributed by atoms with Crippen LogP contribution in [0.5, 0.6) is 0 Å². The number of carbonyl (C=O) groups is 2. The first kappa shape index (κ1) is 17.5. The Kier molecular flexibility index (Phi) is 4.31. The second-order valence-electron chi connectivity index (χ2n) is 8.90. The van der Waals surface area contributed by atoms with E-state index in [1.165, 1.54) is 0 Å². The highest BCUT2D eigenvalue weighted by atomic mass is 16.6. The number of ether oxygens (including phenoxy) is 1. The van der Waals surface area contributed by atoms with E-state index in [1.54, 1.807) is 4.90 Å². The Bertz CT molecular complexity index is 494. The third-order valence-corrected chi connectivity index (χ3v) is 5.98. The van der Waals surface area contributed by atoms with E-state index in [2.05, 4.69) is 0 Å². The second-order valence-corrected chi connectivity index (χ2v) is 8.90. The van der Waals surface area contributed by atoms with Gasteiger partial charge in [0.1, 0.15) is 5.60 Å². The van der Waals surface area contributed by atoms with Crippen LogP contribution in [0.3, 0.4) is 0 Å². The van der Waals surface area contributed by atoms with E-state index in [0.29, 0.717) is 26.2 Å². The Morgan fingerprint density at radius 3 is 1.79 bits per heavy atom. The van der Waals surface area contributed by atoms with Crippen molar-refractivity contribution in [3.8, 4) is 0 Å². The Balaban J connectivity index is 1.55. The molecule has 3 aliphatic carbocycles. The molecule has 0 unspecified atom stereocenters. The zero-order valence-corrected chi connectivity index (χ0v) is 15.3. The summed E-state index contributed by atoms with van der Waals surface area (Å²) < 4.78 is 5.42. The van der Waals surface area contributed by atoms with Crippen LogP contribution in [0.4, 0.5) is 4.79 Å². The lowest BCUT2D eigenvalue weighted by molar-refractivity contribution is -0.150. The molecule has 0 aromatic heterocycles. The monoisotopic (exact) mass is 337 g/mol. The molecule has 4 aliphatic rings. The number of nitrogens with zero attached hydrogens (tertiary/aromatic N) is 2. The lowest BCUT2D eigenvalue weighted by atomic mass is 9.57. The zero-order valence-electron chi connectivity index (χ0n) is 15.3. The number of fused-ring (bicyclic) bond motifs is 3. The van der Waals surface area contributed by atoms with E-state index >= 15 is 0 Å². The Morgan fingerprint density at radius 1 is 0.875 bits per heavy atom. The molecule has 0 aromatic rings. The van der Waals surface area contributed by atoms with Crippen LogP contribution in [0.1, 0.15) is 59.3 Å². The number of hydrogen-bond donors (Lipinski definition) is 1. The van der Waals surface area contributed by atoms with Gasteiger partial charge in [-0.15, -0.1) is 0 Å². The summed E-state index contributed by atoms with van der Waals surface area (Å²) in [6.07, 6.45) is 5.40. The van der Waals surface area contributed by atoms with Crippen molar-refractivity contribution in [1.82, 2.24) is 9.80 Å². The summed E-state index contributed by atoms with van der Waals surface area (Å²) in [4.78, 5) is 28.9. The van der Waals surface area contributed by atoms with Crippen LogP contribution >= 0.6 is 0 Å². The topological polar surface area (TPSA) is 75.9 Å². The Hall–Kier alpha value is -1.30. The average molecular weight is 337 g/mol. The number of rotatable bonds is 1. The van der Waals surface area contributed by atoms with E-state index in [4.69, 9.17) is 10.5 Å². The van der Waals surface area contributed by atoms with Gasteiger partial charge in [0.2, 0.25) is 5.91 Å². The van der Waals surface area contributed by atoms with Crippen LogP contribution in [0.15, 0.2) is 0 Å². The van der Waals surface area contributed by atoms with Crippen molar-refractivity contribution in [2.24, 2.45) is 11.1 Å². The molecule has 1 aliphatic heterocycles. The molecule has 24 heavy (non-hydrogen) atoms. The predicted molar refractivity (Wildman–Crippen MR) is 91.4 cm³/mol. The summed E-state index contributed by atoms with van der Waals surface area (Å²) in [5, 5.41) is 0. The molecule has 4 rings (SSSR count). The standard InChI is InChI=1S/C18H31N3O3/c1-16(2,3)24-15(23)21-12-10-20(11-13-21)14(22)17-4-7-18(19,8-5-17)9-6-17/h4-13,19H2,1-3H3. The van der Waals surface area contributed by atoms with Gasteiger partial charge in [-0.3, -0.25) is 4.79 Å². The molecule has 0 spiro atoms. The first-order chi connectivity index (χ1) is 11.1. The van der Waals surface area contributed by atoms with Gasteiger partial charge in [-0.1, -0.05) is 0 Å². The molecule has 1 heterocycles. The molecule has 0 aromatic carbocycles. The van der Waals surface area contributed by atoms with E-state index in [9.17, 15) is 9.59 Å². The number of nitrogens with two attached hydrogens (primary N) is 1. The highest BCUT2D eigenvalue weighted by Gasteiger charge is 2.52. The van der Waals surface area contributed by atoms with Gasteiger partial charge in [0.25, 0.3) is 0 Å². The van der Waals surface area contributed by atoms with Gasteiger partial charge < -0.3 is 20.3 Å². The minimum atomic E-state index is -0.484. The third kappa shape index (κ3) is 3.39. The quantitative estimate of drug-likeness (QED) is 0.795. The molecule has 2 N–H and O–H groups in total. The molecule has 1 saturated heterocycles. The Morgan fingerprint density at radius 2 is 1.33 bits per heavy atom. The van der Waals surface area contributed by atoms with Crippen LogP contribution in [0.2, 0.25) is 0 Å². The molecule has 0 atom stereocenters. The van der Waals surface area contributed by atoms with Crippen molar-refractivity contribution in [1.29, 1.82) is 0 Å². The summed E-state index contributed by atoms with van der Waals surface area (Å²) in [7, 11) is 0. The van der Waals surface area contributed by atoms with Crippen molar-refractivity contribution < 1.29 is 14.3 Å². The molecule has 4 fully saturated rings. The molecule has 0 radical (unpaired) electrons. The number of piperazine rings is 1. The van der Waals surface area contributed by atoms with E-state index < -0.39 is 5.60 Å². The fraction of sp³-hybridized carbons (Fsp3) is 0.889. The van der Waals surface area contributed by atoms with Crippen molar-refractivity contribution >= 4 is 12.0 Å². The van der Waals surface area contributed by atoms with E-state index in [1.807, 2.05) is 25.7 Å². The summed E-state index contributed by atoms with van der Waals surface area (Å²) in [5.74, 6) is 0.285. The van der Waals surface area contributed by atoms with Gasteiger partial charge >= 0.3 is 6.09 Å². The van der Waals surface area contributed by atoms with Crippen LogP contribution < -0.4 is 5.73 Å². The predicted octanol–water partition coefficient (Wildman–Crippen LogP) is 2.12. The molecule has 2 amide bonds. The van der Waals surface area contributed by atoms with Gasteiger partial charge in [-0.25, -0.2) is 4.79 Å². The van der Waals surface area contributed by atoms with Crippen LogP contribution in [0, 0.1) is 5.41 Å². The molecular weight excluding hydrogens is 306 g/mol. The van der Waals surface area contributed by atoms with Gasteiger partial charge in [-0.2, -0.15) is 0 Å². The van der Waals surface area contributed by atoms with Crippen molar-refractivity contribution in [2.45, 2.75) is 70.4 Å². The molecule has 6 nitrogen and oxygen atoms in total. The molecule has 136 valence electrons. The van der Waals surface area contributed by atoms with Crippen molar-refractivity contribution in [2.75, 3.05) is 26.2 Å². The summed E-state index contributed by atoms with van der Waals surface area (Å²) in [6, 6.07) is 0. The summed E-state index contributed by atoms with van der Waals surface area (Å²) in [5.41, 5.74) is 5.67. The number of amides is 2. The van der Waals surface area contributed by atoms with Crippen molar-refractivity contribution in [3.63, 3.8) is 0 Å². The lowest BCUT2D eigenvalue weighted by Crippen LogP contribution is -2.60. The fourth-order valence-electron chi connectivity index (χ4n) is 4.29. The molecule has 3 saturated carbocycles. The average Bonchev–Trinajstić information content (AvgIpc) is 2.54. The third-order valence-electron chi connectivity index (χ3n) is 5.98. The maximum atomic E-state index is 13.1. The van der Waals surface area contributed by atoms with Gasteiger partial charge in [0.05, 0.1) is 0 Å². The largest absolute Gasteiger partial charge is 0.444 e. The summed E-state index contributed by atoms with van der Waals surface area (Å²) >= 11 is 0. The molecule has 2 bridgehead atoms. The second kappa shape index (κ2) is 5.90. The maximum absolute atomic E-state index is 13.1. The maximum Gasteiger partial charge on any atom is 0.410 e. The van der Waals surface area contributed by atoms with Gasteiger partial charge in [0, 0.05) is 37.1 Å². The lowest BCUT2D eigenvalue weighted by Gasteiger charge is -2.52. The van der Waals surface area contributed by atoms with Gasteiger partial charge in [-0.05, 0) is 59.3 Å². The SMILES string of the molecule is CC(C)(C)OC(=O)N1CCN(C(=O)C23CCC(N)(CC2)CC3)CC1. The van der Waals surface area contributed by atoms with Crippen LogP contribution in [0.25, 0.3) is 0 Å². The number of hydrogen-bond acceptors (Lipinski definition) is 4. The fourth-order valence-corrected chi connectivity index (χ4v) is 4.29. The first-order valence-electron chi connectivity index (χ1n) is 9.19. The highest BCUT2D eigenvalue weighted by molar-refractivity contribution is 5.83. The van der Waals surface area contributed by atoms with Gasteiger partial charge in [0.15, 0.2) is 0 Å². The molecular formula is C18H31N3O3. The zero-order chi connectivity index (χ0) is 17.6. The van der Waals surface area contributed by atoms with Crippen molar-refractivity contribution in [3.05, 3.63) is 0 Å². The Labute approximate surface area is 144 Å². The first-order valence-corrected chi connectivity index (χ1v) is 9.19. The summed E-state index contributed by atoms with van der Waals surface area (Å²) in [6.45, 7) is 7.92. The smallest absolute Gasteiger partial charge is 0.410 e. The minimum absolute atomic E-state index is 0.0164. The minimum Gasteiger partial charge on any atom is -0.444 e. The van der Waals surface area contributed by atoms with Crippen LogP contribution in [-0.4, -0.2) is 59.1 Å². The van der Waals surface area contributed by atoms with E-state index in [-0.39, 0.29) is 23.0 Å². The number of carbonyl (C=O) groups excluding carboxylic acids is 2. The van der Waals surface area contributed by atoms with E-state index in [0.717, 1.165) is 38.5 Å². The normalized spacial score (nSPS) is 33.5. The highest BCUT2D eigenvalue weighted by Crippen LogP contribution is 2.52. The molecule has 6 heteroatoms.